The van der Waals surface area contributed by atoms with Gasteiger partial charge in [0.25, 0.3) is 0 Å². The molecule has 0 bridgehead atoms. The van der Waals surface area contributed by atoms with Crippen molar-refractivity contribution in [3.8, 4) is 0 Å². The molecule has 0 aromatic heterocycles. The van der Waals surface area contributed by atoms with Gasteiger partial charge in [-0.25, -0.2) is 0 Å². The molecule has 112 valence electrons. The van der Waals surface area contributed by atoms with Crippen molar-refractivity contribution in [2.24, 2.45) is 11.7 Å². The highest BCUT2D eigenvalue weighted by Crippen LogP contribution is 2.28. The first-order valence-corrected chi connectivity index (χ1v) is 8.27. The predicted octanol–water partition coefficient (Wildman–Crippen LogP) is 4.18. The summed E-state index contributed by atoms with van der Waals surface area (Å²) in [6.45, 7) is 4.46. The van der Waals surface area contributed by atoms with E-state index in [9.17, 15) is 0 Å². The van der Waals surface area contributed by atoms with Crippen molar-refractivity contribution in [3.63, 3.8) is 0 Å². The normalized spacial score (nSPS) is 22.7. The lowest BCUT2D eigenvalue weighted by Crippen LogP contribution is -2.47. The summed E-state index contributed by atoms with van der Waals surface area (Å²) >= 11 is 0. The van der Waals surface area contributed by atoms with E-state index in [-0.39, 0.29) is 0 Å². The molecule has 3 rings (SSSR count). The van der Waals surface area contributed by atoms with E-state index < -0.39 is 0 Å². The van der Waals surface area contributed by atoms with Gasteiger partial charge in [-0.05, 0) is 41.7 Å². The van der Waals surface area contributed by atoms with Gasteiger partial charge >= 0.3 is 0 Å². The van der Waals surface area contributed by atoms with Crippen molar-refractivity contribution in [3.05, 3.63) is 42.5 Å². The number of unbranched alkanes of at least 4 members (excludes halogenated alkanes) is 1. The van der Waals surface area contributed by atoms with Gasteiger partial charge in [0, 0.05) is 24.8 Å². The molecule has 1 aliphatic rings. The van der Waals surface area contributed by atoms with E-state index in [1.54, 1.807) is 0 Å². The summed E-state index contributed by atoms with van der Waals surface area (Å²) in [7, 11) is 0. The average Bonchev–Trinajstić information content (AvgIpc) is 2.53. The van der Waals surface area contributed by atoms with Gasteiger partial charge in [-0.15, -0.1) is 0 Å². The zero-order valence-corrected chi connectivity index (χ0v) is 13.0. The van der Waals surface area contributed by atoms with E-state index in [4.69, 9.17) is 5.73 Å². The third-order valence-corrected chi connectivity index (χ3v) is 4.82. The van der Waals surface area contributed by atoms with Crippen molar-refractivity contribution in [1.82, 2.24) is 0 Å². The molecule has 0 radical (unpaired) electrons. The molecule has 1 saturated heterocycles. The van der Waals surface area contributed by atoms with E-state index in [0.717, 1.165) is 19.5 Å². The summed E-state index contributed by atoms with van der Waals surface area (Å²) in [4.78, 5) is 2.52. The van der Waals surface area contributed by atoms with Crippen LogP contribution in [-0.4, -0.2) is 19.1 Å². The van der Waals surface area contributed by atoms with E-state index in [1.807, 2.05) is 0 Å². The fourth-order valence-electron chi connectivity index (χ4n) is 3.43. The smallest absolute Gasteiger partial charge is 0.0372 e. The van der Waals surface area contributed by atoms with Gasteiger partial charge < -0.3 is 10.6 Å². The number of anilines is 1. The molecule has 2 aromatic carbocycles. The number of piperidine rings is 1. The molecule has 2 N–H and O–H groups in total. The number of rotatable bonds is 4. The number of hydrogen-bond donors (Lipinski definition) is 1. The van der Waals surface area contributed by atoms with Gasteiger partial charge in [0.15, 0.2) is 0 Å². The second-order valence-electron chi connectivity index (χ2n) is 6.33. The molecule has 1 aliphatic heterocycles. The highest BCUT2D eigenvalue weighted by Gasteiger charge is 2.26. The monoisotopic (exact) mass is 282 g/mol. The third-order valence-electron chi connectivity index (χ3n) is 4.82. The zero-order chi connectivity index (χ0) is 14.7. The Hall–Kier alpha value is -1.54. The quantitative estimate of drug-likeness (QED) is 0.911. The Morgan fingerprint density at radius 2 is 1.95 bits per heavy atom. The minimum absolute atomic E-state index is 0.383. The molecule has 0 unspecified atom stereocenters. The summed E-state index contributed by atoms with van der Waals surface area (Å²) in [6, 6.07) is 15.8. The van der Waals surface area contributed by atoms with E-state index in [2.05, 4.69) is 54.3 Å². The maximum absolute atomic E-state index is 6.32. The summed E-state index contributed by atoms with van der Waals surface area (Å²) in [6.07, 6.45) is 4.94. The van der Waals surface area contributed by atoms with E-state index in [0.29, 0.717) is 12.0 Å². The van der Waals surface area contributed by atoms with Gasteiger partial charge in [-0.2, -0.15) is 0 Å². The van der Waals surface area contributed by atoms with Crippen LogP contribution in [0, 0.1) is 5.92 Å². The molecular weight excluding hydrogens is 256 g/mol. The number of fused-ring (bicyclic) bond motifs is 1. The van der Waals surface area contributed by atoms with E-state index >= 15 is 0 Å². The van der Waals surface area contributed by atoms with Crippen LogP contribution in [0.3, 0.4) is 0 Å². The summed E-state index contributed by atoms with van der Waals surface area (Å²) in [5.41, 5.74) is 7.67. The molecule has 0 saturated carbocycles. The van der Waals surface area contributed by atoms with Gasteiger partial charge in [0.05, 0.1) is 0 Å². The van der Waals surface area contributed by atoms with Crippen LogP contribution in [0.1, 0.15) is 32.6 Å². The second kappa shape index (κ2) is 6.48. The number of hydrogen-bond acceptors (Lipinski definition) is 2. The molecule has 1 heterocycles. The minimum Gasteiger partial charge on any atom is -0.371 e. The van der Waals surface area contributed by atoms with Gasteiger partial charge in [-0.3, -0.25) is 0 Å². The van der Waals surface area contributed by atoms with Crippen molar-refractivity contribution in [2.75, 3.05) is 18.0 Å². The molecule has 2 aromatic rings. The first-order valence-electron chi connectivity index (χ1n) is 8.27. The summed E-state index contributed by atoms with van der Waals surface area (Å²) in [5, 5.41) is 2.65. The van der Waals surface area contributed by atoms with Gasteiger partial charge in [-0.1, -0.05) is 50.1 Å². The maximum atomic E-state index is 6.32. The highest BCUT2D eigenvalue weighted by atomic mass is 15.1. The number of nitrogens with zero attached hydrogens (tertiary/aromatic N) is 1. The molecule has 2 heteroatoms. The van der Waals surface area contributed by atoms with Crippen molar-refractivity contribution < 1.29 is 0 Å². The van der Waals surface area contributed by atoms with Gasteiger partial charge in [0.2, 0.25) is 0 Å². The highest BCUT2D eigenvalue weighted by molar-refractivity contribution is 5.85. The lowest BCUT2D eigenvalue weighted by atomic mass is 9.88. The Balaban J connectivity index is 1.78. The van der Waals surface area contributed by atoms with Crippen LogP contribution in [0.2, 0.25) is 0 Å². The van der Waals surface area contributed by atoms with Crippen LogP contribution < -0.4 is 10.6 Å². The Morgan fingerprint density at radius 3 is 2.76 bits per heavy atom. The lowest BCUT2D eigenvalue weighted by Gasteiger charge is -2.38. The molecule has 21 heavy (non-hydrogen) atoms. The molecule has 2 atom stereocenters. The van der Waals surface area contributed by atoms with Crippen LogP contribution in [0.25, 0.3) is 10.8 Å². The standard InChI is InChI=1S/C19H26N2/c1-2-3-6-17-14-21(12-11-19(17)20)18-10-9-15-7-4-5-8-16(15)13-18/h4-5,7-10,13,17,19H,2-3,6,11-12,14,20H2,1H3/t17-,19-/m0/s1. The van der Waals surface area contributed by atoms with Gasteiger partial charge in [0.1, 0.15) is 0 Å². The fraction of sp³-hybridized carbons (Fsp3) is 0.474. The largest absolute Gasteiger partial charge is 0.371 e. The fourth-order valence-corrected chi connectivity index (χ4v) is 3.43. The minimum atomic E-state index is 0.383. The Morgan fingerprint density at radius 1 is 1.14 bits per heavy atom. The molecular formula is C19H26N2. The summed E-state index contributed by atoms with van der Waals surface area (Å²) in [5.74, 6) is 0.644. The van der Waals surface area contributed by atoms with E-state index in [1.165, 1.54) is 35.7 Å². The van der Waals surface area contributed by atoms with Crippen LogP contribution in [0.4, 0.5) is 5.69 Å². The molecule has 0 spiro atoms. The molecule has 0 amide bonds. The van der Waals surface area contributed by atoms with Crippen LogP contribution >= 0.6 is 0 Å². The second-order valence-corrected chi connectivity index (χ2v) is 6.33. The SMILES string of the molecule is CCCC[C@H]1CN(c2ccc3ccccc3c2)CC[C@@H]1N. The third kappa shape index (κ3) is 3.21. The molecule has 0 aliphatic carbocycles. The number of nitrogens with two attached hydrogens (primary N) is 1. The average molecular weight is 282 g/mol. The Labute approximate surface area is 127 Å². The van der Waals surface area contributed by atoms with Crippen molar-refractivity contribution in [2.45, 2.75) is 38.6 Å². The predicted molar refractivity (Wildman–Crippen MR) is 91.8 cm³/mol. The first-order chi connectivity index (χ1) is 10.3. The van der Waals surface area contributed by atoms with Crippen molar-refractivity contribution in [1.29, 1.82) is 0 Å². The van der Waals surface area contributed by atoms with Crippen LogP contribution in [0.15, 0.2) is 42.5 Å². The Bertz CT molecular complexity index is 593. The lowest BCUT2D eigenvalue weighted by molar-refractivity contribution is 0.330. The summed E-state index contributed by atoms with van der Waals surface area (Å²) < 4.78 is 0. The number of benzene rings is 2. The topological polar surface area (TPSA) is 29.3 Å². The van der Waals surface area contributed by atoms with Crippen LogP contribution in [-0.2, 0) is 0 Å². The molecule has 1 fully saturated rings. The zero-order valence-electron chi connectivity index (χ0n) is 13.0. The van der Waals surface area contributed by atoms with Crippen molar-refractivity contribution >= 4 is 16.5 Å². The first kappa shape index (κ1) is 14.4. The molecule has 2 nitrogen and oxygen atoms in total. The Kier molecular flexibility index (Phi) is 4.45. The van der Waals surface area contributed by atoms with Crippen LogP contribution in [0.5, 0.6) is 0 Å². The maximum Gasteiger partial charge on any atom is 0.0372 e.